The average Bonchev–Trinajstić information content (AvgIpc) is 2.86. The molecule has 1 saturated heterocycles. The third-order valence-electron chi connectivity index (χ3n) is 3.42. The second-order valence-electron chi connectivity index (χ2n) is 4.90. The number of carboxylic acid groups (broad SMARTS) is 1. The number of ether oxygens (including phenoxy) is 1. The largest absolute Gasteiger partial charge is 0.478 e. The van der Waals surface area contributed by atoms with Crippen molar-refractivity contribution >= 4 is 11.9 Å². The Kier molecular flexibility index (Phi) is 5.29. The Labute approximate surface area is 122 Å². The lowest BCUT2D eigenvalue weighted by Gasteiger charge is -2.26. The first-order chi connectivity index (χ1) is 10.1. The van der Waals surface area contributed by atoms with Gasteiger partial charge in [-0.2, -0.15) is 5.10 Å². The topological polar surface area (TPSA) is 96.7 Å². The lowest BCUT2D eigenvalue weighted by molar-refractivity contribution is 0.0374. The zero-order valence-corrected chi connectivity index (χ0v) is 12.0. The number of carbonyl (C=O) groups excluding carboxylic acids is 1. The van der Waals surface area contributed by atoms with Crippen LogP contribution in [0.1, 0.15) is 27.3 Å². The first kappa shape index (κ1) is 15.5. The van der Waals surface area contributed by atoms with Crippen molar-refractivity contribution in [2.45, 2.75) is 6.42 Å². The number of amides is 1. The maximum atomic E-state index is 12.0. The van der Waals surface area contributed by atoms with Crippen molar-refractivity contribution in [2.24, 2.45) is 7.05 Å². The van der Waals surface area contributed by atoms with Gasteiger partial charge in [-0.3, -0.25) is 14.4 Å². The van der Waals surface area contributed by atoms with E-state index in [0.29, 0.717) is 6.54 Å². The second kappa shape index (κ2) is 7.19. The minimum Gasteiger partial charge on any atom is -0.478 e. The summed E-state index contributed by atoms with van der Waals surface area (Å²) in [6.07, 6.45) is 2.00. The first-order valence-corrected chi connectivity index (χ1v) is 6.93. The van der Waals surface area contributed by atoms with Gasteiger partial charge in [0, 0.05) is 26.7 Å². The number of carboxylic acids is 1. The lowest BCUT2D eigenvalue weighted by Crippen LogP contribution is -2.38. The fourth-order valence-electron chi connectivity index (χ4n) is 2.28. The van der Waals surface area contributed by atoms with Crippen molar-refractivity contribution in [3.05, 3.63) is 17.5 Å². The number of hydrogen-bond donors (Lipinski definition) is 2. The standard InChI is InChI=1S/C13H20N4O4/c1-16-11(10(9-15-16)13(19)20)12(18)14-3-2-4-17-5-7-21-8-6-17/h9H,2-8H2,1H3,(H,14,18)(H,19,20). The molecule has 1 fully saturated rings. The number of rotatable bonds is 6. The van der Waals surface area contributed by atoms with Crippen LogP contribution in [0.2, 0.25) is 0 Å². The van der Waals surface area contributed by atoms with Crippen LogP contribution >= 0.6 is 0 Å². The Morgan fingerprint density at radius 2 is 2.14 bits per heavy atom. The highest BCUT2D eigenvalue weighted by Gasteiger charge is 2.21. The molecule has 0 aliphatic carbocycles. The highest BCUT2D eigenvalue weighted by atomic mass is 16.5. The molecule has 1 amide bonds. The number of carbonyl (C=O) groups is 2. The molecule has 8 heteroatoms. The maximum absolute atomic E-state index is 12.0. The first-order valence-electron chi connectivity index (χ1n) is 6.93. The Morgan fingerprint density at radius 3 is 2.81 bits per heavy atom. The maximum Gasteiger partial charge on any atom is 0.339 e. The normalized spacial score (nSPS) is 15.9. The van der Waals surface area contributed by atoms with Crippen LogP contribution in [0.5, 0.6) is 0 Å². The van der Waals surface area contributed by atoms with Gasteiger partial charge in [-0.15, -0.1) is 0 Å². The monoisotopic (exact) mass is 296 g/mol. The summed E-state index contributed by atoms with van der Waals surface area (Å²) in [7, 11) is 1.55. The van der Waals surface area contributed by atoms with Crippen LogP contribution < -0.4 is 5.32 Å². The van der Waals surface area contributed by atoms with Gasteiger partial charge in [-0.05, 0) is 13.0 Å². The zero-order valence-electron chi connectivity index (χ0n) is 12.0. The molecule has 2 rings (SSSR count). The number of morpholine rings is 1. The lowest BCUT2D eigenvalue weighted by atomic mass is 10.2. The van der Waals surface area contributed by atoms with Crippen molar-refractivity contribution in [2.75, 3.05) is 39.4 Å². The van der Waals surface area contributed by atoms with Gasteiger partial charge in [0.25, 0.3) is 5.91 Å². The molecule has 1 aliphatic heterocycles. The van der Waals surface area contributed by atoms with E-state index in [1.165, 1.54) is 10.9 Å². The predicted molar refractivity (Wildman–Crippen MR) is 74.4 cm³/mol. The number of aromatic carboxylic acids is 1. The van der Waals surface area contributed by atoms with Gasteiger partial charge in [0.05, 0.1) is 19.4 Å². The van der Waals surface area contributed by atoms with Crippen molar-refractivity contribution < 1.29 is 19.4 Å². The molecule has 21 heavy (non-hydrogen) atoms. The third-order valence-corrected chi connectivity index (χ3v) is 3.42. The van der Waals surface area contributed by atoms with Gasteiger partial charge < -0.3 is 15.2 Å². The Hall–Kier alpha value is -1.93. The van der Waals surface area contributed by atoms with Gasteiger partial charge in [-0.25, -0.2) is 4.79 Å². The number of nitrogens with zero attached hydrogens (tertiary/aromatic N) is 3. The van der Waals surface area contributed by atoms with Gasteiger partial charge in [0.1, 0.15) is 11.3 Å². The number of aryl methyl sites for hydroxylation is 1. The van der Waals surface area contributed by atoms with E-state index in [9.17, 15) is 9.59 Å². The summed E-state index contributed by atoms with van der Waals surface area (Å²) in [5, 5.41) is 15.6. The molecule has 0 unspecified atom stereocenters. The minimum atomic E-state index is -1.15. The number of nitrogens with one attached hydrogen (secondary N) is 1. The molecule has 0 aromatic carbocycles. The van der Waals surface area contributed by atoms with Crippen LogP contribution in [0, 0.1) is 0 Å². The van der Waals surface area contributed by atoms with E-state index in [2.05, 4.69) is 15.3 Å². The Bertz CT molecular complexity index is 508. The van der Waals surface area contributed by atoms with Crippen LogP contribution in [0.15, 0.2) is 6.20 Å². The number of aromatic nitrogens is 2. The quantitative estimate of drug-likeness (QED) is 0.692. The molecule has 0 atom stereocenters. The Morgan fingerprint density at radius 1 is 1.43 bits per heavy atom. The van der Waals surface area contributed by atoms with Gasteiger partial charge in [-0.1, -0.05) is 0 Å². The van der Waals surface area contributed by atoms with Gasteiger partial charge in [0.15, 0.2) is 0 Å². The summed E-state index contributed by atoms with van der Waals surface area (Å²) in [6, 6.07) is 0. The molecule has 1 aromatic heterocycles. The summed E-state index contributed by atoms with van der Waals surface area (Å²) >= 11 is 0. The van der Waals surface area contributed by atoms with E-state index >= 15 is 0 Å². The highest BCUT2D eigenvalue weighted by Crippen LogP contribution is 2.07. The molecule has 1 aliphatic rings. The van der Waals surface area contributed by atoms with E-state index in [-0.39, 0.29) is 11.3 Å². The average molecular weight is 296 g/mol. The molecule has 0 bridgehead atoms. The van der Waals surface area contributed by atoms with Crippen LogP contribution in [-0.2, 0) is 11.8 Å². The molecular weight excluding hydrogens is 276 g/mol. The molecule has 0 saturated carbocycles. The van der Waals surface area contributed by atoms with Crippen molar-refractivity contribution in [1.29, 1.82) is 0 Å². The van der Waals surface area contributed by atoms with Crippen LogP contribution in [0.3, 0.4) is 0 Å². The molecule has 0 spiro atoms. The highest BCUT2D eigenvalue weighted by molar-refractivity contribution is 6.03. The molecule has 116 valence electrons. The summed E-state index contributed by atoms with van der Waals surface area (Å²) in [4.78, 5) is 25.3. The van der Waals surface area contributed by atoms with Crippen LogP contribution in [0.4, 0.5) is 0 Å². The summed E-state index contributed by atoms with van der Waals surface area (Å²) in [6.45, 7) is 4.73. The van der Waals surface area contributed by atoms with E-state index < -0.39 is 11.9 Å². The Balaban J connectivity index is 1.79. The molecule has 8 nitrogen and oxygen atoms in total. The van der Waals surface area contributed by atoms with E-state index in [0.717, 1.165) is 39.3 Å². The smallest absolute Gasteiger partial charge is 0.339 e. The molecule has 0 radical (unpaired) electrons. The molecule has 2 heterocycles. The van der Waals surface area contributed by atoms with Crippen molar-refractivity contribution in [1.82, 2.24) is 20.0 Å². The van der Waals surface area contributed by atoms with E-state index in [1.807, 2.05) is 0 Å². The van der Waals surface area contributed by atoms with Gasteiger partial charge in [0.2, 0.25) is 0 Å². The summed E-state index contributed by atoms with van der Waals surface area (Å²) in [5.41, 5.74) is -0.00273. The van der Waals surface area contributed by atoms with Crippen molar-refractivity contribution in [3.8, 4) is 0 Å². The molecule has 2 N–H and O–H groups in total. The van der Waals surface area contributed by atoms with Crippen molar-refractivity contribution in [3.63, 3.8) is 0 Å². The SMILES string of the molecule is Cn1ncc(C(=O)O)c1C(=O)NCCCN1CCOCC1. The zero-order chi connectivity index (χ0) is 15.2. The molecule has 1 aromatic rings. The number of hydrogen-bond acceptors (Lipinski definition) is 5. The minimum absolute atomic E-state index is 0.0777. The van der Waals surface area contributed by atoms with E-state index in [4.69, 9.17) is 9.84 Å². The fourth-order valence-corrected chi connectivity index (χ4v) is 2.28. The third kappa shape index (κ3) is 4.02. The van der Waals surface area contributed by atoms with Crippen LogP contribution in [-0.4, -0.2) is 71.1 Å². The van der Waals surface area contributed by atoms with E-state index in [1.54, 1.807) is 7.05 Å². The summed E-state index contributed by atoms with van der Waals surface area (Å²) in [5.74, 6) is -1.56. The summed E-state index contributed by atoms with van der Waals surface area (Å²) < 4.78 is 6.54. The fraction of sp³-hybridized carbons (Fsp3) is 0.615. The van der Waals surface area contributed by atoms with Gasteiger partial charge >= 0.3 is 5.97 Å². The second-order valence-corrected chi connectivity index (χ2v) is 4.90. The van der Waals surface area contributed by atoms with Crippen LogP contribution in [0.25, 0.3) is 0 Å². The predicted octanol–water partition coefficient (Wildman–Crippen LogP) is -0.430. The molecular formula is C13H20N4O4.